The summed E-state index contributed by atoms with van der Waals surface area (Å²) in [5.74, 6) is 2.50. The second-order valence-corrected chi connectivity index (χ2v) is 4.36. The first-order valence-electron chi connectivity index (χ1n) is 4.08. The van der Waals surface area contributed by atoms with Gasteiger partial charge in [-0.1, -0.05) is 38.3 Å². The van der Waals surface area contributed by atoms with E-state index in [9.17, 15) is 0 Å². The molecule has 0 spiro atoms. The molecule has 0 fully saturated rings. The lowest BCUT2D eigenvalue weighted by Gasteiger charge is -2.18. The van der Waals surface area contributed by atoms with Crippen LogP contribution in [0.4, 0.5) is 0 Å². The highest BCUT2D eigenvalue weighted by atomic mass is 35.5. The summed E-state index contributed by atoms with van der Waals surface area (Å²) < 4.78 is 0. The van der Waals surface area contributed by atoms with Crippen LogP contribution in [0.25, 0.3) is 0 Å². The highest BCUT2D eigenvalue weighted by Crippen LogP contribution is 2.27. The van der Waals surface area contributed by atoms with Crippen molar-refractivity contribution < 1.29 is 0 Å². The van der Waals surface area contributed by atoms with Gasteiger partial charge in [-0.2, -0.15) is 0 Å². The predicted octanol–water partition coefficient (Wildman–Crippen LogP) is 3.01. The Morgan fingerprint density at radius 2 is 2.08 bits per heavy atom. The van der Waals surface area contributed by atoms with E-state index in [0.717, 1.165) is 11.3 Å². The van der Waals surface area contributed by atoms with E-state index in [1.165, 1.54) is 0 Å². The van der Waals surface area contributed by atoms with E-state index in [4.69, 9.17) is 18.0 Å². The zero-order valence-electron chi connectivity index (χ0n) is 8.06. The number of halogens is 1. The van der Waals surface area contributed by atoms with Crippen LogP contribution < -0.4 is 0 Å². The number of hydrogen-bond acceptors (Lipinski definition) is 1. The van der Waals surface area contributed by atoms with Crippen molar-refractivity contribution in [2.24, 2.45) is 0 Å². The molecule has 0 aromatic carbocycles. The van der Waals surface area contributed by atoms with Crippen LogP contribution in [0.5, 0.6) is 0 Å². The highest BCUT2D eigenvalue weighted by Gasteiger charge is 2.18. The van der Waals surface area contributed by atoms with Gasteiger partial charge in [-0.05, 0) is 6.07 Å². The number of terminal acetylenes is 1. The first kappa shape index (κ1) is 10.1. The quantitative estimate of drug-likeness (QED) is 0.578. The van der Waals surface area contributed by atoms with Crippen LogP contribution in [-0.4, -0.2) is 4.98 Å². The predicted molar refractivity (Wildman–Crippen MR) is 55.9 cm³/mol. The van der Waals surface area contributed by atoms with Gasteiger partial charge in [0, 0.05) is 17.2 Å². The smallest absolute Gasteiger partial charge is 0.0643 e. The van der Waals surface area contributed by atoms with E-state index in [1.807, 2.05) is 0 Å². The van der Waals surface area contributed by atoms with Gasteiger partial charge < -0.3 is 0 Å². The summed E-state index contributed by atoms with van der Waals surface area (Å²) in [4.78, 5) is 4.25. The Bertz CT molecular complexity index is 355. The molecule has 0 saturated heterocycles. The molecule has 0 amide bonds. The van der Waals surface area contributed by atoms with E-state index < -0.39 is 0 Å². The van der Waals surface area contributed by atoms with Gasteiger partial charge in [-0.25, -0.2) is 0 Å². The molecule has 1 aromatic rings. The minimum absolute atomic E-state index is 0.0375. The van der Waals surface area contributed by atoms with Crippen LogP contribution in [0.15, 0.2) is 12.3 Å². The van der Waals surface area contributed by atoms with Crippen LogP contribution in [-0.2, 0) is 5.41 Å². The molecule has 0 atom stereocenters. The van der Waals surface area contributed by atoms with Crippen LogP contribution in [0, 0.1) is 12.3 Å². The first-order chi connectivity index (χ1) is 5.95. The molecule has 68 valence electrons. The van der Waals surface area contributed by atoms with Crippen molar-refractivity contribution in [3.63, 3.8) is 0 Å². The molecule has 1 rings (SSSR count). The molecule has 1 aromatic heterocycles. The molecule has 0 unspecified atom stereocenters. The molecular weight excluding hydrogens is 182 g/mol. The summed E-state index contributed by atoms with van der Waals surface area (Å²) in [5, 5.41) is 0.642. The Morgan fingerprint density at radius 3 is 2.46 bits per heavy atom. The number of hydrogen-bond donors (Lipinski definition) is 0. The molecule has 0 aliphatic heterocycles. The van der Waals surface area contributed by atoms with Crippen LogP contribution >= 0.6 is 11.6 Å². The topological polar surface area (TPSA) is 12.9 Å². The van der Waals surface area contributed by atoms with Crippen molar-refractivity contribution in [1.82, 2.24) is 4.98 Å². The molecule has 2 heteroatoms. The van der Waals surface area contributed by atoms with Crippen molar-refractivity contribution in [2.45, 2.75) is 26.2 Å². The molecule has 1 heterocycles. The fourth-order valence-electron chi connectivity index (χ4n) is 1.07. The fourth-order valence-corrected chi connectivity index (χ4v) is 1.52. The van der Waals surface area contributed by atoms with E-state index in [0.29, 0.717) is 5.02 Å². The Labute approximate surface area is 84.1 Å². The lowest BCUT2D eigenvalue weighted by Crippen LogP contribution is -2.14. The third-order valence-electron chi connectivity index (χ3n) is 1.72. The van der Waals surface area contributed by atoms with Crippen LogP contribution in [0.3, 0.4) is 0 Å². The van der Waals surface area contributed by atoms with Gasteiger partial charge in [0.1, 0.15) is 0 Å². The summed E-state index contributed by atoms with van der Waals surface area (Å²) in [7, 11) is 0. The molecule has 0 aliphatic carbocycles. The molecule has 0 aliphatic rings. The number of nitrogens with zero attached hydrogens (tertiary/aromatic N) is 1. The largest absolute Gasteiger partial charge is 0.258 e. The van der Waals surface area contributed by atoms with Gasteiger partial charge in [0.05, 0.1) is 10.7 Å². The Hall–Kier alpha value is -1.00. The van der Waals surface area contributed by atoms with Crippen LogP contribution in [0.1, 0.15) is 32.0 Å². The van der Waals surface area contributed by atoms with Crippen LogP contribution in [0.2, 0.25) is 5.02 Å². The van der Waals surface area contributed by atoms with Gasteiger partial charge in [0.15, 0.2) is 0 Å². The third kappa shape index (κ3) is 2.23. The SMILES string of the molecule is C#Cc1cnc(C(C)(C)C)c(Cl)c1. The Morgan fingerprint density at radius 1 is 1.46 bits per heavy atom. The maximum atomic E-state index is 6.03. The second kappa shape index (κ2) is 3.40. The minimum atomic E-state index is -0.0375. The lowest BCUT2D eigenvalue weighted by atomic mass is 9.91. The van der Waals surface area contributed by atoms with E-state index in [2.05, 4.69) is 31.7 Å². The van der Waals surface area contributed by atoms with Gasteiger partial charge in [0.2, 0.25) is 0 Å². The summed E-state index contributed by atoms with van der Waals surface area (Å²) in [6, 6.07) is 1.77. The average Bonchev–Trinajstić information content (AvgIpc) is 2.01. The monoisotopic (exact) mass is 193 g/mol. The zero-order chi connectivity index (χ0) is 10.1. The van der Waals surface area contributed by atoms with Crippen molar-refractivity contribution in [3.8, 4) is 12.3 Å². The summed E-state index contributed by atoms with van der Waals surface area (Å²) >= 11 is 6.03. The maximum Gasteiger partial charge on any atom is 0.0643 e. The molecule has 1 nitrogen and oxygen atoms in total. The molecule has 0 N–H and O–H groups in total. The molecule has 13 heavy (non-hydrogen) atoms. The Balaban J connectivity index is 3.23. The standard InChI is InChI=1S/C11H12ClN/c1-5-8-6-9(12)10(13-7-8)11(2,3)4/h1,6-7H,2-4H3. The number of aromatic nitrogens is 1. The molecule has 0 bridgehead atoms. The first-order valence-corrected chi connectivity index (χ1v) is 4.45. The van der Waals surface area contributed by atoms with E-state index >= 15 is 0 Å². The third-order valence-corrected chi connectivity index (χ3v) is 2.01. The number of pyridine rings is 1. The maximum absolute atomic E-state index is 6.03. The van der Waals surface area contributed by atoms with Gasteiger partial charge in [0.25, 0.3) is 0 Å². The van der Waals surface area contributed by atoms with Crippen molar-refractivity contribution in [3.05, 3.63) is 28.5 Å². The molecule has 0 radical (unpaired) electrons. The van der Waals surface area contributed by atoms with Gasteiger partial charge in [-0.15, -0.1) is 6.42 Å². The molecular formula is C11H12ClN. The van der Waals surface area contributed by atoms with Crippen molar-refractivity contribution in [1.29, 1.82) is 0 Å². The summed E-state index contributed by atoms with van der Waals surface area (Å²) in [6.45, 7) is 6.20. The fraction of sp³-hybridized carbons (Fsp3) is 0.364. The van der Waals surface area contributed by atoms with Crippen molar-refractivity contribution in [2.75, 3.05) is 0 Å². The molecule has 0 saturated carbocycles. The van der Waals surface area contributed by atoms with Crippen molar-refractivity contribution >= 4 is 11.6 Å². The normalized spacial score (nSPS) is 11.0. The summed E-state index contributed by atoms with van der Waals surface area (Å²) in [6.07, 6.45) is 6.90. The highest BCUT2D eigenvalue weighted by molar-refractivity contribution is 6.31. The van der Waals surface area contributed by atoms with Gasteiger partial charge in [-0.3, -0.25) is 4.98 Å². The van der Waals surface area contributed by atoms with E-state index in [1.54, 1.807) is 12.3 Å². The lowest BCUT2D eigenvalue weighted by molar-refractivity contribution is 0.569. The Kier molecular flexibility index (Phi) is 2.63. The van der Waals surface area contributed by atoms with Gasteiger partial charge >= 0.3 is 0 Å². The average molecular weight is 194 g/mol. The summed E-state index contributed by atoms with van der Waals surface area (Å²) in [5.41, 5.74) is 1.57. The second-order valence-electron chi connectivity index (χ2n) is 3.95. The minimum Gasteiger partial charge on any atom is -0.258 e. The van der Waals surface area contributed by atoms with E-state index in [-0.39, 0.29) is 5.41 Å². The zero-order valence-corrected chi connectivity index (χ0v) is 8.81. The number of rotatable bonds is 0.